The van der Waals surface area contributed by atoms with Crippen LogP contribution in [-0.2, 0) is 32.6 Å². The maximum atomic E-state index is 12.7. The monoisotopic (exact) mass is 487 g/mol. The molecule has 2 heterocycles. The number of carbonyl (C=O) groups is 1. The van der Waals surface area contributed by atoms with Crippen LogP contribution in [0.15, 0.2) is 58.8 Å². The van der Waals surface area contributed by atoms with Gasteiger partial charge in [-0.05, 0) is 42.8 Å². The van der Waals surface area contributed by atoms with Crippen molar-refractivity contribution in [1.29, 1.82) is 0 Å². The normalized spacial score (nSPS) is 14.7. The van der Waals surface area contributed by atoms with Gasteiger partial charge in [-0.1, -0.05) is 18.2 Å². The maximum Gasteiger partial charge on any atom is 0.243 e. The lowest BCUT2D eigenvalue weighted by Gasteiger charge is -2.26. The fourth-order valence-electron chi connectivity index (χ4n) is 3.34. The number of hydrogen-bond donors (Lipinski definition) is 1. The summed E-state index contributed by atoms with van der Waals surface area (Å²) in [6, 6.07) is 14.0. The molecule has 0 unspecified atom stereocenters. The molecule has 3 aromatic rings. The fraction of sp³-hybridized carbons (Fsp3) is 0.304. The number of rotatable bonds is 8. The maximum absolute atomic E-state index is 12.7. The van der Waals surface area contributed by atoms with E-state index in [1.165, 1.54) is 15.6 Å². The van der Waals surface area contributed by atoms with Gasteiger partial charge in [0.25, 0.3) is 0 Å². The van der Waals surface area contributed by atoms with E-state index in [9.17, 15) is 13.2 Å². The van der Waals surface area contributed by atoms with Gasteiger partial charge in [0.05, 0.1) is 30.2 Å². The predicted molar refractivity (Wildman–Crippen MR) is 126 cm³/mol. The van der Waals surface area contributed by atoms with Crippen molar-refractivity contribution in [3.8, 4) is 5.75 Å². The van der Waals surface area contributed by atoms with E-state index in [1.807, 2.05) is 36.6 Å². The summed E-state index contributed by atoms with van der Waals surface area (Å²) in [6.45, 7) is 3.70. The second kappa shape index (κ2) is 10.4. The highest BCUT2D eigenvalue weighted by Crippen LogP contribution is 2.22. The topological polar surface area (TPSA) is 97.8 Å². The number of nitrogens with one attached hydrogen (secondary N) is 1. The molecule has 2 aromatic carbocycles. The zero-order valence-electron chi connectivity index (χ0n) is 18.2. The third-order valence-corrected chi connectivity index (χ3v) is 7.96. The number of para-hydroxylation sites is 1. The molecule has 0 radical (unpaired) electrons. The highest BCUT2D eigenvalue weighted by molar-refractivity contribution is 7.89. The SMILES string of the molecule is Cc1ccccc1NC(=O)Cc1nc(COc2ccc(S(=O)(=O)N3CCOCC3)cc2)cs1. The smallest absolute Gasteiger partial charge is 0.243 e. The van der Waals surface area contributed by atoms with Crippen LogP contribution >= 0.6 is 11.3 Å². The standard InChI is InChI=1S/C23H25N3O5S2/c1-17-4-2-3-5-21(17)25-22(27)14-23-24-18(16-32-23)15-31-19-6-8-20(9-7-19)33(28,29)26-10-12-30-13-11-26/h2-9,16H,10-15H2,1H3,(H,25,27). The van der Waals surface area contributed by atoms with Crippen molar-refractivity contribution in [1.82, 2.24) is 9.29 Å². The highest BCUT2D eigenvalue weighted by atomic mass is 32.2. The van der Waals surface area contributed by atoms with Crippen LogP contribution in [0.2, 0.25) is 0 Å². The minimum atomic E-state index is -3.53. The molecule has 0 bridgehead atoms. The second-order valence-electron chi connectivity index (χ2n) is 7.55. The van der Waals surface area contributed by atoms with Gasteiger partial charge >= 0.3 is 0 Å². The van der Waals surface area contributed by atoms with Gasteiger partial charge < -0.3 is 14.8 Å². The molecule has 1 amide bonds. The molecule has 0 saturated carbocycles. The summed E-state index contributed by atoms with van der Waals surface area (Å²) in [4.78, 5) is 17.0. The molecule has 1 fully saturated rings. The van der Waals surface area contributed by atoms with Gasteiger partial charge in [-0.25, -0.2) is 13.4 Å². The van der Waals surface area contributed by atoms with E-state index in [2.05, 4.69) is 10.3 Å². The van der Waals surface area contributed by atoms with E-state index in [0.29, 0.717) is 42.8 Å². The number of anilines is 1. The Balaban J connectivity index is 1.30. The van der Waals surface area contributed by atoms with Crippen LogP contribution in [0.1, 0.15) is 16.3 Å². The van der Waals surface area contributed by atoms with Crippen LogP contribution in [0.25, 0.3) is 0 Å². The van der Waals surface area contributed by atoms with Gasteiger partial charge in [-0.15, -0.1) is 11.3 Å². The van der Waals surface area contributed by atoms with Crippen molar-refractivity contribution < 1.29 is 22.7 Å². The summed E-state index contributed by atoms with van der Waals surface area (Å²) in [6.07, 6.45) is 0.188. The fourth-order valence-corrected chi connectivity index (χ4v) is 5.53. The zero-order chi connectivity index (χ0) is 23.3. The summed E-state index contributed by atoms with van der Waals surface area (Å²) in [5, 5.41) is 5.46. The predicted octanol–water partition coefficient (Wildman–Crippen LogP) is 3.23. The number of benzene rings is 2. The zero-order valence-corrected chi connectivity index (χ0v) is 19.8. The first kappa shape index (κ1) is 23.4. The van der Waals surface area contributed by atoms with E-state index in [4.69, 9.17) is 9.47 Å². The number of aryl methyl sites for hydroxylation is 1. The Morgan fingerprint density at radius 2 is 1.88 bits per heavy atom. The summed E-state index contributed by atoms with van der Waals surface area (Å²) >= 11 is 1.40. The molecule has 0 spiro atoms. The Morgan fingerprint density at radius 1 is 1.15 bits per heavy atom. The molecular weight excluding hydrogens is 462 g/mol. The van der Waals surface area contributed by atoms with Crippen molar-refractivity contribution in [3.63, 3.8) is 0 Å². The number of carbonyl (C=O) groups excluding carboxylic acids is 1. The van der Waals surface area contributed by atoms with Gasteiger partial charge in [0.1, 0.15) is 17.4 Å². The molecule has 1 saturated heterocycles. The number of amides is 1. The van der Waals surface area contributed by atoms with Gasteiger partial charge in [-0.2, -0.15) is 4.31 Å². The first-order chi connectivity index (χ1) is 15.9. The second-order valence-corrected chi connectivity index (χ2v) is 10.4. The molecule has 0 atom stereocenters. The Labute approximate surface area is 197 Å². The van der Waals surface area contributed by atoms with Crippen LogP contribution in [0.5, 0.6) is 5.75 Å². The number of hydrogen-bond acceptors (Lipinski definition) is 7. The van der Waals surface area contributed by atoms with Gasteiger partial charge in [-0.3, -0.25) is 4.79 Å². The van der Waals surface area contributed by atoms with Crippen LogP contribution < -0.4 is 10.1 Å². The average Bonchev–Trinajstić information content (AvgIpc) is 3.27. The third-order valence-electron chi connectivity index (χ3n) is 5.15. The average molecular weight is 488 g/mol. The largest absolute Gasteiger partial charge is 0.487 e. The molecular formula is C23H25N3O5S2. The van der Waals surface area contributed by atoms with Crippen molar-refractivity contribution in [2.24, 2.45) is 0 Å². The van der Waals surface area contributed by atoms with Crippen molar-refractivity contribution >= 4 is 33.0 Å². The van der Waals surface area contributed by atoms with Crippen LogP contribution in [0.4, 0.5) is 5.69 Å². The Hall–Kier alpha value is -2.79. The number of morpholine rings is 1. The molecule has 0 aliphatic carbocycles. The number of aromatic nitrogens is 1. The van der Waals surface area contributed by atoms with E-state index in [0.717, 1.165) is 11.3 Å². The third kappa shape index (κ3) is 5.97. The number of sulfonamides is 1. The number of nitrogens with zero attached hydrogens (tertiary/aromatic N) is 2. The van der Waals surface area contributed by atoms with Crippen LogP contribution in [0.3, 0.4) is 0 Å². The first-order valence-electron chi connectivity index (χ1n) is 10.5. The van der Waals surface area contributed by atoms with Gasteiger partial charge in [0.15, 0.2) is 0 Å². The number of thiazole rings is 1. The lowest BCUT2D eigenvalue weighted by atomic mass is 10.2. The van der Waals surface area contributed by atoms with Crippen LogP contribution in [-0.4, -0.2) is 49.9 Å². The van der Waals surface area contributed by atoms with E-state index >= 15 is 0 Å². The molecule has 10 heteroatoms. The summed E-state index contributed by atoms with van der Waals surface area (Å²) in [5.74, 6) is 0.422. The van der Waals surface area contributed by atoms with Crippen molar-refractivity contribution in [2.75, 3.05) is 31.6 Å². The molecule has 1 N–H and O–H groups in total. The molecule has 8 nitrogen and oxygen atoms in total. The van der Waals surface area contributed by atoms with E-state index < -0.39 is 10.0 Å². The van der Waals surface area contributed by atoms with Crippen LogP contribution in [0, 0.1) is 6.92 Å². The molecule has 33 heavy (non-hydrogen) atoms. The van der Waals surface area contributed by atoms with Gasteiger partial charge in [0, 0.05) is 24.2 Å². The van der Waals surface area contributed by atoms with E-state index in [-0.39, 0.29) is 23.8 Å². The molecule has 1 aliphatic rings. The van der Waals surface area contributed by atoms with Crippen molar-refractivity contribution in [3.05, 3.63) is 70.2 Å². The highest BCUT2D eigenvalue weighted by Gasteiger charge is 2.26. The summed E-state index contributed by atoms with van der Waals surface area (Å²) < 4.78 is 37.8. The summed E-state index contributed by atoms with van der Waals surface area (Å²) in [7, 11) is -3.53. The number of ether oxygens (including phenoxy) is 2. The molecule has 174 valence electrons. The minimum Gasteiger partial charge on any atom is -0.487 e. The Kier molecular flexibility index (Phi) is 7.39. The molecule has 1 aromatic heterocycles. The lowest BCUT2D eigenvalue weighted by Crippen LogP contribution is -2.40. The lowest BCUT2D eigenvalue weighted by molar-refractivity contribution is -0.115. The Bertz CT molecular complexity index is 1200. The quantitative estimate of drug-likeness (QED) is 0.524. The van der Waals surface area contributed by atoms with Gasteiger partial charge in [0.2, 0.25) is 15.9 Å². The van der Waals surface area contributed by atoms with Crippen molar-refractivity contribution in [2.45, 2.75) is 24.8 Å². The molecule has 4 rings (SSSR count). The Morgan fingerprint density at radius 3 is 2.61 bits per heavy atom. The summed E-state index contributed by atoms with van der Waals surface area (Å²) in [5.41, 5.74) is 2.51. The van der Waals surface area contributed by atoms with E-state index in [1.54, 1.807) is 24.3 Å². The molecule has 1 aliphatic heterocycles. The first-order valence-corrected chi connectivity index (χ1v) is 12.8. The minimum absolute atomic E-state index is 0.122.